The van der Waals surface area contributed by atoms with E-state index < -0.39 is 0 Å². The van der Waals surface area contributed by atoms with Gasteiger partial charge in [0.25, 0.3) is 0 Å². The Hall–Kier alpha value is -0.840. The van der Waals surface area contributed by atoms with Crippen molar-refractivity contribution in [1.29, 1.82) is 0 Å². The highest BCUT2D eigenvalue weighted by atomic mass is 79.9. The highest BCUT2D eigenvalue weighted by Crippen LogP contribution is 2.32. The molecule has 3 nitrogen and oxygen atoms in total. The lowest BCUT2D eigenvalue weighted by Crippen LogP contribution is -2.39. The number of nitrogens with zero attached hydrogens (tertiary/aromatic N) is 1. The quantitative estimate of drug-likeness (QED) is 0.888. The SMILES string of the molecule is CC(c1cc2cc(Br)ccc2o1)N(C)C1CCC(N)CC1. The fourth-order valence-corrected chi connectivity index (χ4v) is 3.65. The molecule has 0 bridgehead atoms. The largest absolute Gasteiger partial charge is 0.459 e. The zero-order chi connectivity index (χ0) is 15.0. The van der Waals surface area contributed by atoms with Gasteiger partial charge in [0, 0.05) is 21.9 Å². The van der Waals surface area contributed by atoms with Crippen LogP contribution >= 0.6 is 15.9 Å². The number of rotatable bonds is 3. The Morgan fingerprint density at radius 3 is 2.67 bits per heavy atom. The standard InChI is InChI=1S/C17H23BrN2O/c1-11(20(2)15-6-4-14(19)5-7-15)17-10-12-9-13(18)3-8-16(12)21-17/h3,8-11,14-15H,4-7,19H2,1-2H3. The Bertz CT molecular complexity index is 616. The average molecular weight is 351 g/mol. The predicted octanol–water partition coefficient (Wildman–Crippen LogP) is 4.46. The van der Waals surface area contributed by atoms with Gasteiger partial charge in [-0.05, 0) is 63.9 Å². The van der Waals surface area contributed by atoms with Crippen LogP contribution in [-0.4, -0.2) is 24.0 Å². The lowest BCUT2D eigenvalue weighted by Gasteiger charge is -2.36. The molecule has 0 spiro atoms. The number of fused-ring (bicyclic) bond motifs is 1. The monoisotopic (exact) mass is 350 g/mol. The van der Waals surface area contributed by atoms with Crippen LogP contribution in [0.3, 0.4) is 0 Å². The fourth-order valence-electron chi connectivity index (χ4n) is 3.27. The van der Waals surface area contributed by atoms with Gasteiger partial charge < -0.3 is 10.2 Å². The first kappa shape index (κ1) is 15.1. The van der Waals surface area contributed by atoms with Gasteiger partial charge in [-0.2, -0.15) is 0 Å². The van der Waals surface area contributed by atoms with Gasteiger partial charge in [-0.3, -0.25) is 4.90 Å². The summed E-state index contributed by atoms with van der Waals surface area (Å²) in [6, 6.07) is 9.61. The number of nitrogens with two attached hydrogens (primary N) is 1. The Balaban J connectivity index is 1.77. The predicted molar refractivity (Wildman–Crippen MR) is 90.3 cm³/mol. The van der Waals surface area contributed by atoms with E-state index in [0.29, 0.717) is 12.1 Å². The van der Waals surface area contributed by atoms with Crippen molar-refractivity contribution in [1.82, 2.24) is 4.90 Å². The summed E-state index contributed by atoms with van der Waals surface area (Å²) in [5, 5.41) is 1.16. The maximum atomic E-state index is 6.03. The molecule has 4 heteroatoms. The van der Waals surface area contributed by atoms with Crippen LogP contribution < -0.4 is 5.73 Å². The summed E-state index contributed by atoms with van der Waals surface area (Å²) < 4.78 is 7.12. The van der Waals surface area contributed by atoms with E-state index in [1.54, 1.807) is 0 Å². The van der Waals surface area contributed by atoms with Gasteiger partial charge in [-0.25, -0.2) is 0 Å². The van der Waals surface area contributed by atoms with E-state index in [1.807, 2.05) is 12.1 Å². The van der Waals surface area contributed by atoms with Crippen LogP contribution in [0.5, 0.6) is 0 Å². The van der Waals surface area contributed by atoms with Gasteiger partial charge in [0.15, 0.2) is 0 Å². The zero-order valence-corrected chi connectivity index (χ0v) is 14.3. The van der Waals surface area contributed by atoms with Gasteiger partial charge >= 0.3 is 0 Å². The molecular formula is C17H23BrN2O. The van der Waals surface area contributed by atoms with Crippen molar-refractivity contribution in [3.05, 3.63) is 34.5 Å². The Labute approximate surface area is 134 Å². The molecule has 1 aliphatic carbocycles. The third kappa shape index (κ3) is 3.17. The third-order valence-corrected chi connectivity index (χ3v) is 5.33. The van der Waals surface area contributed by atoms with Crippen LogP contribution in [0.1, 0.15) is 44.4 Å². The minimum absolute atomic E-state index is 0.287. The van der Waals surface area contributed by atoms with E-state index in [9.17, 15) is 0 Å². The molecule has 2 N–H and O–H groups in total. The highest BCUT2D eigenvalue weighted by molar-refractivity contribution is 9.10. The lowest BCUT2D eigenvalue weighted by atomic mass is 9.90. The van der Waals surface area contributed by atoms with Crippen molar-refractivity contribution >= 4 is 26.9 Å². The van der Waals surface area contributed by atoms with E-state index in [0.717, 1.165) is 34.0 Å². The van der Waals surface area contributed by atoms with E-state index in [2.05, 4.69) is 46.9 Å². The normalized spacial score (nSPS) is 24.6. The smallest absolute Gasteiger partial charge is 0.134 e. The summed E-state index contributed by atoms with van der Waals surface area (Å²) in [6.07, 6.45) is 4.64. The van der Waals surface area contributed by atoms with Crippen LogP contribution in [0, 0.1) is 0 Å². The van der Waals surface area contributed by atoms with E-state index in [1.165, 1.54) is 12.8 Å². The first-order valence-electron chi connectivity index (χ1n) is 7.71. The molecule has 0 amide bonds. The van der Waals surface area contributed by atoms with Crippen LogP contribution in [0.2, 0.25) is 0 Å². The summed E-state index contributed by atoms with van der Waals surface area (Å²) in [6.45, 7) is 2.22. The lowest BCUT2D eigenvalue weighted by molar-refractivity contribution is 0.129. The van der Waals surface area contributed by atoms with E-state index in [-0.39, 0.29) is 6.04 Å². The minimum atomic E-state index is 0.287. The number of halogens is 1. The van der Waals surface area contributed by atoms with Crippen molar-refractivity contribution in [3.8, 4) is 0 Å². The van der Waals surface area contributed by atoms with Crippen molar-refractivity contribution < 1.29 is 4.42 Å². The highest BCUT2D eigenvalue weighted by Gasteiger charge is 2.26. The molecule has 1 aromatic heterocycles. The molecular weight excluding hydrogens is 328 g/mol. The molecule has 114 valence electrons. The van der Waals surface area contributed by atoms with Gasteiger partial charge in [-0.1, -0.05) is 15.9 Å². The Morgan fingerprint density at radius 2 is 1.95 bits per heavy atom. The zero-order valence-electron chi connectivity index (χ0n) is 12.7. The Kier molecular flexibility index (Phi) is 4.38. The molecule has 0 radical (unpaired) electrons. The Morgan fingerprint density at radius 1 is 1.24 bits per heavy atom. The number of hydrogen-bond donors (Lipinski definition) is 1. The minimum Gasteiger partial charge on any atom is -0.459 e. The molecule has 0 saturated heterocycles. The topological polar surface area (TPSA) is 42.4 Å². The molecule has 1 unspecified atom stereocenters. The second-order valence-corrected chi connectivity index (χ2v) is 7.16. The summed E-state index contributed by atoms with van der Waals surface area (Å²) in [4.78, 5) is 2.44. The molecule has 0 aliphatic heterocycles. The second-order valence-electron chi connectivity index (χ2n) is 6.24. The van der Waals surface area contributed by atoms with Gasteiger partial charge in [0.2, 0.25) is 0 Å². The maximum absolute atomic E-state index is 6.03. The van der Waals surface area contributed by atoms with Crippen molar-refractivity contribution in [3.63, 3.8) is 0 Å². The van der Waals surface area contributed by atoms with Gasteiger partial charge in [0.1, 0.15) is 11.3 Å². The van der Waals surface area contributed by atoms with Crippen LogP contribution in [0.4, 0.5) is 0 Å². The molecule has 21 heavy (non-hydrogen) atoms. The number of furan rings is 1. The maximum Gasteiger partial charge on any atom is 0.134 e. The molecule has 1 fully saturated rings. The summed E-state index contributed by atoms with van der Waals surface area (Å²) in [5.74, 6) is 1.04. The molecule has 1 heterocycles. The second kappa shape index (κ2) is 6.11. The first-order chi connectivity index (χ1) is 10.0. The molecule has 1 aromatic carbocycles. The number of benzene rings is 1. The van der Waals surface area contributed by atoms with Crippen LogP contribution in [-0.2, 0) is 0 Å². The first-order valence-corrected chi connectivity index (χ1v) is 8.50. The van der Waals surface area contributed by atoms with Crippen molar-refractivity contribution in [2.45, 2.75) is 50.7 Å². The molecule has 1 atom stereocenters. The van der Waals surface area contributed by atoms with Gasteiger partial charge in [0.05, 0.1) is 6.04 Å². The average Bonchev–Trinajstić information content (AvgIpc) is 2.89. The van der Waals surface area contributed by atoms with Crippen LogP contribution in [0.15, 0.2) is 33.2 Å². The summed E-state index contributed by atoms with van der Waals surface area (Å²) >= 11 is 3.51. The summed E-state index contributed by atoms with van der Waals surface area (Å²) in [5.41, 5.74) is 6.97. The van der Waals surface area contributed by atoms with E-state index in [4.69, 9.17) is 10.2 Å². The molecule has 2 aromatic rings. The molecule has 1 aliphatic rings. The molecule has 1 saturated carbocycles. The molecule has 3 rings (SSSR count). The van der Waals surface area contributed by atoms with E-state index >= 15 is 0 Å². The van der Waals surface area contributed by atoms with Crippen LogP contribution in [0.25, 0.3) is 11.0 Å². The van der Waals surface area contributed by atoms with Crippen molar-refractivity contribution in [2.75, 3.05) is 7.05 Å². The van der Waals surface area contributed by atoms with Gasteiger partial charge in [-0.15, -0.1) is 0 Å². The van der Waals surface area contributed by atoms with Crippen molar-refractivity contribution in [2.24, 2.45) is 5.73 Å². The fraction of sp³-hybridized carbons (Fsp3) is 0.529. The number of hydrogen-bond acceptors (Lipinski definition) is 3. The third-order valence-electron chi connectivity index (χ3n) is 4.84. The summed E-state index contributed by atoms with van der Waals surface area (Å²) in [7, 11) is 2.20.